The number of hydrogen-bond acceptors (Lipinski definition) is 7. The second kappa shape index (κ2) is 8.74. The molecular formula is C19H24N6O4. The first-order valence-corrected chi connectivity index (χ1v) is 9.21. The van der Waals surface area contributed by atoms with E-state index in [0.717, 1.165) is 0 Å². The number of nitrogens with one attached hydrogen (secondary N) is 2. The number of aliphatic hydroxyl groups excluding tert-OH is 1. The van der Waals surface area contributed by atoms with Crippen molar-refractivity contribution in [2.24, 2.45) is 18.1 Å². The summed E-state index contributed by atoms with van der Waals surface area (Å²) in [7, 11) is 1.51. The van der Waals surface area contributed by atoms with Gasteiger partial charge in [0, 0.05) is 13.3 Å². The summed E-state index contributed by atoms with van der Waals surface area (Å²) >= 11 is 0. The molecule has 29 heavy (non-hydrogen) atoms. The smallest absolute Gasteiger partial charge is 0.329 e. The molecule has 0 radical (unpaired) electrons. The van der Waals surface area contributed by atoms with Crippen LogP contribution >= 0.6 is 0 Å². The van der Waals surface area contributed by atoms with Gasteiger partial charge >= 0.3 is 5.69 Å². The lowest BCUT2D eigenvalue weighted by Gasteiger charge is -2.15. The molecule has 10 heteroatoms. The summed E-state index contributed by atoms with van der Waals surface area (Å²) in [6.45, 7) is 3.96. The number of hydrazone groups is 1. The van der Waals surface area contributed by atoms with Crippen molar-refractivity contribution in [1.29, 1.82) is 0 Å². The van der Waals surface area contributed by atoms with Gasteiger partial charge in [0.2, 0.25) is 5.95 Å². The van der Waals surface area contributed by atoms with Crippen molar-refractivity contribution in [2.75, 3.05) is 12.0 Å². The first kappa shape index (κ1) is 20.3. The summed E-state index contributed by atoms with van der Waals surface area (Å²) in [5.41, 5.74) is 1.98. The second-order valence-corrected chi connectivity index (χ2v) is 6.95. The van der Waals surface area contributed by atoms with Crippen LogP contribution in [0.4, 0.5) is 5.95 Å². The van der Waals surface area contributed by atoms with E-state index in [4.69, 9.17) is 4.74 Å². The fourth-order valence-corrected chi connectivity index (χ4v) is 2.71. The lowest BCUT2D eigenvalue weighted by molar-refractivity contribution is 0.0938. The number of H-pyrrole nitrogens is 1. The lowest BCUT2D eigenvalue weighted by atomic mass is 10.3. The molecule has 10 nitrogen and oxygen atoms in total. The predicted octanol–water partition coefficient (Wildman–Crippen LogP) is 0.917. The number of hydrogen-bond donors (Lipinski definition) is 3. The Bertz CT molecular complexity index is 1110. The summed E-state index contributed by atoms with van der Waals surface area (Å²) in [5, 5.41) is 14.6. The lowest BCUT2D eigenvalue weighted by Crippen LogP contribution is -2.30. The van der Waals surface area contributed by atoms with Crippen molar-refractivity contribution >= 4 is 23.3 Å². The monoisotopic (exact) mass is 400 g/mol. The summed E-state index contributed by atoms with van der Waals surface area (Å²) in [4.78, 5) is 30.9. The van der Waals surface area contributed by atoms with Crippen LogP contribution in [0.15, 0.2) is 45.0 Å². The van der Waals surface area contributed by atoms with E-state index in [2.05, 4.69) is 20.5 Å². The topological polar surface area (TPSA) is 127 Å². The van der Waals surface area contributed by atoms with Crippen LogP contribution in [0.3, 0.4) is 0 Å². The van der Waals surface area contributed by atoms with Gasteiger partial charge in [-0.2, -0.15) is 10.1 Å². The van der Waals surface area contributed by atoms with Gasteiger partial charge in [-0.25, -0.2) is 10.2 Å². The number of aromatic nitrogens is 4. The van der Waals surface area contributed by atoms with Crippen LogP contribution in [0.5, 0.6) is 5.75 Å². The Labute approximate surface area is 166 Å². The fourth-order valence-electron chi connectivity index (χ4n) is 2.71. The minimum Gasteiger partial charge on any atom is -0.491 e. The molecule has 0 saturated carbocycles. The zero-order valence-electron chi connectivity index (χ0n) is 16.5. The van der Waals surface area contributed by atoms with Gasteiger partial charge in [-0.1, -0.05) is 32.0 Å². The number of ether oxygens (including phenoxy) is 1. The standard InChI is InChI=1S/C19H24N6O4/c1-12(2)9-20-23-18-21-16-15(17(27)22-19(28)24(16)3)25(18)10-13(26)11-29-14-7-5-4-6-8-14/h4-9,12-13,26H,10-11H2,1-3H3,(H,21,23)(H,22,27,28)/b20-9-/t13-/m1/s1. The zero-order chi connectivity index (χ0) is 21.0. The number of rotatable bonds is 8. The molecule has 3 rings (SSSR count). The van der Waals surface area contributed by atoms with Crippen LogP contribution in [0.2, 0.25) is 0 Å². The molecule has 0 spiro atoms. The first-order chi connectivity index (χ1) is 13.9. The quantitative estimate of drug-likeness (QED) is 0.381. The Morgan fingerprint density at radius 1 is 1.31 bits per heavy atom. The Balaban J connectivity index is 1.92. The van der Waals surface area contributed by atoms with Crippen molar-refractivity contribution in [3.8, 4) is 5.75 Å². The third-order valence-corrected chi connectivity index (χ3v) is 4.12. The third kappa shape index (κ3) is 4.72. The molecule has 2 aromatic heterocycles. The van der Waals surface area contributed by atoms with Gasteiger partial charge in [0.1, 0.15) is 18.5 Å². The van der Waals surface area contributed by atoms with E-state index in [-0.39, 0.29) is 36.2 Å². The number of aromatic amines is 1. The van der Waals surface area contributed by atoms with Crippen molar-refractivity contribution in [1.82, 2.24) is 19.1 Å². The molecule has 1 atom stereocenters. The highest BCUT2D eigenvalue weighted by Crippen LogP contribution is 2.17. The number of imidazole rings is 1. The van der Waals surface area contributed by atoms with Gasteiger partial charge in [0.05, 0.1) is 6.54 Å². The van der Waals surface area contributed by atoms with Gasteiger partial charge in [-0.3, -0.25) is 14.3 Å². The summed E-state index contributed by atoms with van der Waals surface area (Å²) < 4.78 is 8.30. The molecule has 2 heterocycles. The fraction of sp³-hybridized carbons (Fsp3) is 0.368. The Morgan fingerprint density at radius 2 is 2.03 bits per heavy atom. The normalized spacial score (nSPS) is 12.7. The summed E-state index contributed by atoms with van der Waals surface area (Å²) in [6.07, 6.45) is 0.751. The highest BCUT2D eigenvalue weighted by atomic mass is 16.5. The molecule has 0 unspecified atom stereocenters. The van der Waals surface area contributed by atoms with Crippen molar-refractivity contribution in [2.45, 2.75) is 26.5 Å². The third-order valence-electron chi connectivity index (χ3n) is 4.12. The maximum absolute atomic E-state index is 12.4. The zero-order valence-corrected chi connectivity index (χ0v) is 16.5. The number of para-hydroxylation sites is 1. The molecule has 0 aliphatic rings. The van der Waals surface area contributed by atoms with Gasteiger partial charge in [-0.15, -0.1) is 0 Å². The van der Waals surface area contributed by atoms with Crippen LogP contribution in [-0.4, -0.2) is 43.1 Å². The molecule has 0 saturated heterocycles. The highest BCUT2D eigenvalue weighted by Gasteiger charge is 2.19. The highest BCUT2D eigenvalue weighted by molar-refractivity contribution is 5.74. The number of aliphatic hydroxyl groups is 1. The maximum Gasteiger partial charge on any atom is 0.329 e. The maximum atomic E-state index is 12.4. The van der Waals surface area contributed by atoms with E-state index >= 15 is 0 Å². The largest absolute Gasteiger partial charge is 0.491 e. The summed E-state index contributed by atoms with van der Waals surface area (Å²) in [6, 6.07) is 9.10. The molecule has 0 fully saturated rings. The molecule has 1 aromatic carbocycles. The number of anilines is 1. The average Bonchev–Trinajstić information content (AvgIpc) is 3.04. The van der Waals surface area contributed by atoms with Crippen LogP contribution < -0.4 is 21.4 Å². The number of aryl methyl sites for hydroxylation is 1. The van der Waals surface area contributed by atoms with Gasteiger partial charge in [0.25, 0.3) is 5.56 Å². The van der Waals surface area contributed by atoms with Gasteiger partial charge < -0.3 is 14.4 Å². The van der Waals surface area contributed by atoms with Crippen LogP contribution in [-0.2, 0) is 13.6 Å². The first-order valence-electron chi connectivity index (χ1n) is 9.21. The van der Waals surface area contributed by atoms with Crippen LogP contribution in [0, 0.1) is 5.92 Å². The molecule has 0 bridgehead atoms. The number of benzene rings is 1. The van der Waals surface area contributed by atoms with Crippen LogP contribution in [0.25, 0.3) is 11.2 Å². The molecule has 3 aromatic rings. The molecule has 3 N–H and O–H groups in total. The van der Waals surface area contributed by atoms with Crippen LogP contribution in [0.1, 0.15) is 13.8 Å². The van der Waals surface area contributed by atoms with Crippen molar-refractivity contribution in [3.05, 3.63) is 51.2 Å². The number of nitrogens with zero attached hydrogens (tertiary/aromatic N) is 4. The Hall–Kier alpha value is -3.40. The second-order valence-electron chi connectivity index (χ2n) is 6.95. The average molecular weight is 400 g/mol. The molecular weight excluding hydrogens is 376 g/mol. The minimum atomic E-state index is -0.932. The minimum absolute atomic E-state index is 0.0159. The van der Waals surface area contributed by atoms with E-state index in [1.807, 2.05) is 32.0 Å². The summed E-state index contributed by atoms with van der Waals surface area (Å²) in [5.74, 6) is 1.07. The van der Waals surface area contributed by atoms with E-state index in [0.29, 0.717) is 5.75 Å². The molecule has 0 aliphatic heterocycles. The van der Waals surface area contributed by atoms with E-state index in [9.17, 15) is 14.7 Å². The van der Waals surface area contributed by atoms with E-state index in [1.54, 1.807) is 18.3 Å². The Morgan fingerprint density at radius 3 is 2.72 bits per heavy atom. The van der Waals surface area contributed by atoms with Gasteiger partial charge in [0.15, 0.2) is 11.2 Å². The molecule has 0 amide bonds. The predicted molar refractivity (Wildman–Crippen MR) is 110 cm³/mol. The number of fused-ring (bicyclic) bond motifs is 1. The van der Waals surface area contributed by atoms with E-state index < -0.39 is 17.4 Å². The van der Waals surface area contributed by atoms with Gasteiger partial charge in [-0.05, 0) is 18.1 Å². The SMILES string of the molecule is CC(C)/C=N\Nc1nc2c(c(=O)[nH]c(=O)n2C)n1C[C@@H](O)COc1ccccc1. The molecule has 154 valence electrons. The van der Waals surface area contributed by atoms with Crippen molar-refractivity contribution < 1.29 is 9.84 Å². The Kier molecular flexibility index (Phi) is 6.13. The van der Waals surface area contributed by atoms with Crippen molar-refractivity contribution in [3.63, 3.8) is 0 Å². The molecule has 0 aliphatic carbocycles. The van der Waals surface area contributed by atoms with E-state index in [1.165, 1.54) is 16.2 Å².